The molecular formula is C23H29N5O2. The van der Waals surface area contributed by atoms with Crippen molar-refractivity contribution < 1.29 is 9.90 Å². The molecule has 2 aliphatic rings. The lowest BCUT2D eigenvalue weighted by Crippen LogP contribution is -2.38. The lowest BCUT2D eigenvalue weighted by molar-refractivity contribution is -0.129. The molecule has 158 valence electrons. The fourth-order valence-electron chi connectivity index (χ4n) is 5.23. The molecule has 2 aromatic heterocycles. The first-order valence-corrected chi connectivity index (χ1v) is 10.9. The van der Waals surface area contributed by atoms with Gasteiger partial charge in [0.2, 0.25) is 5.91 Å². The molecule has 2 fully saturated rings. The van der Waals surface area contributed by atoms with Gasteiger partial charge in [0.25, 0.3) is 0 Å². The number of nitrogens with zero attached hydrogens (tertiary/aromatic N) is 4. The van der Waals surface area contributed by atoms with Gasteiger partial charge in [0.15, 0.2) is 0 Å². The predicted octanol–water partition coefficient (Wildman–Crippen LogP) is 2.08. The molecule has 0 spiro atoms. The standard InChI is InChI=1S/C23H29N5O2/c1-16-18(15-27(25-16)10-11-29)14-26-8-7-21-22(26)12-23(30)28(21)9-6-17-13-24-20-5-3-2-4-19(17)20/h2-5,13,15,21-22,24,29H,6-12,14H2,1H3/t21-,22-/m0/s1. The summed E-state index contributed by atoms with van der Waals surface area (Å²) in [6.45, 7) is 5.24. The van der Waals surface area contributed by atoms with Gasteiger partial charge in [-0.25, -0.2) is 0 Å². The molecule has 1 amide bonds. The normalized spacial score (nSPS) is 21.8. The van der Waals surface area contributed by atoms with Crippen LogP contribution >= 0.6 is 0 Å². The Morgan fingerprint density at radius 2 is 2.07 bits per heavy atom. The maximum Gasteiger partial charge on any atom is 0.224 e. The van der Waals surface area contributed by atoms with E-state index in [1.54, 1.807) is 0 Å². The van der Waals surface area contributed by atoms with E-state index in [0.717, 1.165) is 43.7 Å². The fourth-order valence-corrected chi connectivity index (χ4v) is 5.23. The van der Waals surface area contributed by atoms with E-state index in [1.165, 1.54) is 16.5 Å². The highest BCUT2D eigenvalue weighted by Crippen LogP contribution is 2.34. The molecule has 7 heteroatoms. The van der Waals surface area contributed by atoms with Gasteiger partial charge < -0.3 is 15.0 Å². The monoisotopic (exact) mass is 407 g/mol. The molecule has 2 N–H and O–H groups in total. The van der Waals surface area contributed by atoms with Gasteiger partial charge in [0.1, 0.15) is 0 Å². The zero-order valence-corrected chi connectivity index (χ0v) is 17.4. The third kappa shape index (κ3) is 3.42. The number of aromatic amines is 1. The van der Waals surface area contributed by atoms with Crippen LogP contribution in [0.3, 0.4) is 0 Å². The predicted molar refractivity (Wildman–Crippen MR) is 115 cm³/mol. The van der Waals surface area contributed by atoms with E-state index < -0.39 is 0 Å². The van der Waals surface area contributed by atoms with Crippen LogP contribution in [0.1, 0.15) is 29.7 Å². The largest absolute Gasteiger partial charge is 0.394 e. The van der Waals surface area contributed by atoms with Crippen LogP contribution in [0, 0.1) is 6.92 Å². The number of rotatable bonds is 7. The summed E-state index contributed by atoms with van der Waals surface area (Å²) < 4.78 is 1.81. The number of hydrogen-bond donors (Lipinski definition) is 2. The summed E-state index contributed by atoms with van der Waals surface area (Å²) in [5.74, 6) is 0.280. The summed E-state index contributed by atoms with van der Waals surface area (Å²) in [6.07, 6.45) is 6.64. The Balaban J connectivity index is 1.25. The van der Waals surface area contributed by atoms with E-state index >= 15 is 0 Å². The Hall–Kier alpha value is -2.64. The minimum atomic E-state index is 0.0921. The van der Waals surface area contributed by atoms with Crippen molar-refractivity contribution in [3.63, 3.8) is 0 Å². The summed E-state index contributed by atoms with van der Waals surface area (Å²) in [7, 11) is 0. The highest BCUT2D eigenvalue weighted by molar-refractivity contribution is 5.83. The Morgan fingerprint density at radius 3 is 2.93 bits per heavy atom. The highest BCUT2D eigenvalue weighted by atomic mass is 16.3. The van der Waals surface area contributed by atoms with Crippen molar-refractivity contribution in [2.75, 3.05) is 19.7 Å². The highest BCUT2D eigenvalue weighted by Gasteiger charge is 2.46. The van der Waals surface area contributed by atoms with Crippen molar-refractivity contribution in [1.82, 2.24) is 24.6 Å². The maximum absolute atomic E-state index is 12.8. The van der Waals surface area contributed by atoms with Gasteiger partial charge in [-0.2, -0.15) is 5.10 Å². The molecule has 0 saturated carbocycles. The second kappa shape index (κ2) is 7.89. The number of aryl methyl sites for hydroxylation is 1. The lowest BCUT2D eigenvalue weighted by Gasteiger charge is -2.25. The maximum atomic E-state index is 12.8. The van der Waals surface area contributed by atoms with Crippen LogP contribution < -0.4 is 0 Å². The van der Waals surface area contributed by atoms with E-state index in [2.05, 4.69) is 44.3 Å². The molecule has 3 aromatic rings. The molecule has 5 rings (SSSR count). The number of hydrogen-bond acceptors (Lipinski definition) is 4. The second-order valence-electron chi connectivity index (χ2n) is 8.52. The summed E-state index contributed by atoms with van der Waals surface area (Å²) in [5, 5.41) is 14.9. The number of benzene rings is 1. The molecule has 2 aliphatic heterocycles. The molecule has 2 saturated heterocycles. The number of likely N-dealkylation sites (tertiary alicyclic amines) is 2. The molecule has 0 unspecified atom stereocenters. The van der Waals surface area contributed by atoms with E-state index in [9.17, 15) is 4.79 Å². The van der Waals surface area contributed by atoms with E-state index in [1.807, 2.05) is 23.9 Å². The molecular weight excluding hydrogens is 378 g/mol. The number of aromatic nitrogens is 3. The fraction of sp³-hybridized carbons (Fsp3) is 0.478. The summed E-state index contributed by atoms with van der Waals surface area (Å²) in [5.41, 5.74) is 4.63. The van der Waals surface area contributed by atoms with Gasteiger partial charge in [0, 0.05) is 67.0 Å². The molecule has 0 bridgehead atoms. The Kier molecular flexibility index (Phi) is 5.08. The van der Waals surface area contributed by atoms with Crippen LogP contribution in [0.5, 0.6) is 0 Å². The number of para-hydroxylation sites is 1. The Labute approximate surface area is 176 Å². The summed E-state index contributed by atoms with van der Waals surface area (Å²) >= 11 is 0. The van der Waals surface area contributed by atoms with E-state index in [4.69, 9.17) is 5.11 Å². The smallest absolute Gasteiger partial charge is 0.224 e. The van der Waals surface area contributed by atoms with Crippen molar-refractivity contribution in [3.05, 3.63) is 53.5 Å². The van der Waals surface area contributed by atoms with Gasteiger partial charge in [-0.1, -0.05) is 18.2 Å². The topological polar surface area (TPSA) is 77.4 Å². The number of amides is 1. The molecule has 7 nitrogen and oxygen atoms in total. The Bertz CT molecular complexity index is 1050. The summed E-state index contributed by atoms with van der Waals surface area (Å²) in [4.78, 5) is 20.7. The molecule has 2 atom stereocenters. The minimum Gasteiger partial charge on any atom is -0.394 e. The molecule has 0 radical (unpaired) electrons. The van der Waals surface area contributed by atoms with Gasteiger partial charge in [-0.15, -0.1) is 0 Å². The third-order valence-corrected chi connectivity index (χ3v) is 6.78. The van der Waals surface area contributed by atoms with Gasteiger partial charge in [-0.05, 0) is 31.4 Å². The first-order chi connectivity index (χ1) is 14.6. The number of carbonyl (C=O) groups is 1. The van der Waals surface area contributed by atoms with Crippen molar-refractivity contribution in [1.29, 1.82) is 0 Å². The lowest BCUT2D eigenvalue weighted by atomic mass is 10.1. The number of aliphatic hydroxyl groups is 1. The average Bonchev–Trinajstić information content (AvgIpc) is 3.47. The van der Waals surface area contributed by atoms with Crippen LogP contribution in [0.2, 0.25) is 0 Å². The van der Waals surface area contributed by atoms with Crippen molar-refractivity contribution in [2.45, 2.75) is 51.4 Å². The third-order valence-electron chi connectivity index (χ3n) is 6.78. The molecule has 1 aromatic carbocycles. The number of fused-ring (bicyclic) bond motifs is 2. The molecule has 30 heavy (non-hydrogen) atoms. The van der Waals surface area contributed by atoms with Crippen LogP contribution in [-0.4, -0.2) is 67.4 Å². The number of H-pyrrole nitrogens is 1. The van der Waals surface area contributed by atoms with Crippen molar-refractivity contribution in [2.24, 2.45) is 0 Å². The first kappa shape index (κ1) is 19.3. The SMILES string of the molecule is Cc1nn(CCO)cc1CN1CC[C@H]2[C@@H]1CC(=O)N2CCc1c[nH]c2ccccc12. The van der Waals surface area contributed by atoms with Crippen LogP contribution in [-0.2, 0) is 24.3 Å². The second-order valence-corrected chi connectivity index (χ2v) is 8.52. The Morgan fingerprint density at radius 1 is 1.20 bits per heavy atom. The van der Waals surface area contributed by atoms with E-state index in [0.29, 0.717) is 25.0 Å². The van der Waals surface area contributed by atoms with Crippen LogP contribution in [0.4, 0.5) is 0 Å². The quantitative estimate of drug-likeness (QED) is 0.629. The first-order valence-electron chi connectivity index (χ1n) is 10.9. The van der Waals surface area contributed by atoms with E-state index in [-0.39, 0.29) is 12.5 Å². The number of carbonyl (C=O) groups excluding carboxylic acids is 1. The van der Waals surface area contributed by atoms with Crippen LogP contribution in [0.25, 0.3) is 10.9 Å². The number of nitrogens with one attached hydrogen (secondary N) is 1. The van der Waals surface area contributed by atoms with Crippen LogP contribution in [0.15, 0.2) is 36.7 Å². The zero-order valence-electron chi connectivity index (χ0n) is 17.4. The molecule has 0 aliphatic carbocycles. The minimum absolute atomic E-state index is 0.0921. The van der Waals surface area contributed by atoms with Gasteiger partial charge in [-0.3, -0.25) is 14.4 Å². The molecule has 4 heterocycles. The van der Waals surface area contributed by atoms with Gasteiger partial charge >= 0.3 is 0 Å². The van der Waals surface area contributed by atoms with Gasteiger partial charge in [0.05, 0.1) is 18.8 Å². The average molecular weight is 408 g/mol. The zero-order chi connectivity index (χ0) is 20.7. The number of aliphatic hydroxyl groups excluding tert-OH is 1. The summed E-state index contributed by atoms with van der Waals surface area (Å²) in [6, 6.07) is 8.95. The van der Waals surface area contributed by atoms with Crippen molar-refractivity contribution in [3.8, 4) is 0 Å². The van der Waals surface area contributed by atoms with Crippen molar-refractivity contribution >= 4 is 16.8 Å².